The molecule has 0 radical (unpaired) electrons. The average molecular weight is 527 g/mol. The van der Waals surface area contributed by atoms with Gasteiger partial charge in [-0.1, -0.05) is 5.92 Å². The Morgan fingerprint density at radius 2 is 1.94 bits per heavy atom. The SMILES string of the molecule is CC1(C#Cc2cc(N(CC(F)F)c3nc(=O)n(C(S)(S)S)c4ccc(F)c(F)c34)ccn2)CC1. The van der Waals surface area contributed by atoms with Gasteiger partial charge >= 0.3 is 5.69 Å². The Balaban J connectivity index is 1.96. The van der Waals surface area contributed by atoms with Gasteiger partial charge in [-0.05, 0) is 50.0 Å². The minimum atomic E-state index is -2.90. The summed E-state index contributed by atoms with van der Waals surface area (Å²) < 4.78 is 55.6. The molecule has 0 unspecified atom stereocenters. The lowest BCUT2D eigenvalue weighted by molar-refractivity contribution is 0.157. The molecule has 2 aromatic heterocycles. The lowest BCUT2D eigenvalue weighted by atomic mass is 10.1. The maximum atomic E-state index is 15.1. The molecule has 12 heteroatoms. The number of halogens is 4. The summed E-state index contributed by atoms with van der Waals surface area (Å²) in [5.41, 5.74) is -0.840. The molecule has 5 nitrogen and oxygen atoms in total. The topological polar surface area (TPSA) is 51.0 Å². The molecule has 0 bridgehead atoms. The van der Waals surface area contributed by atoms with Crippen LogP contribution in [0.3, 0.4) is 0 Å². The van der Waals surface area contributed by atoms with Crippen LogP contribution in [-0.2, 0) is 3.54 Å². The minimum Gasteiger partial charge on any atom is -0.320 e. The second kappa shape index (κ2) is 9.02. The summed E-state index contributed by atoms with van der Waals surface area (Å²) in [5.74, 6) is 2.90. The van der Waals surface area contributed by atoms with Crippen LogP contribution in [0.2, 0.25) is 0 Å². The fourth-order valence-electron chi connectivity index (χ4n) is 3.36. The average Bonchev–Trinajstić information content (AvgIpc) is 3.49. The van der Waals surface area contributed by atoms with E-state index in [-0.39, 0.29) is 16.6 Å². The van der Waals surface area contributed by atoms with Gasteiger partial charge in [0.2, 0.25) is 0 Å². The van der Waals surface area contributed by atoms with Gasteiger partial charge in [0, 0.05) is 17.3 Å². The number of hydrogen-bond acceptors (Lipinski definition) is 7. The van der Waals surface area contributed by atoms with Crippen molar-refractivity contribution in [2.75, 3.05) is 11.4 Å². The van der Waals surface area contributed by atoms with Crippen molar-refractivity contribution in [2.45, 2.75) is 29.7 Å². The summed E-state index contributed by atoms with van der Waals surface area (Å²) in [6.07, 6.45) is 0.366. The van der Waals surface area contributed by atoms with E-state index in [2.05, 4.69) is 59.7 Å². The molecule has 0 atom stereocenters. The van der Waals surface area contributed by atoms with E-state index < -0.39 is 45.0 Å². The van der Waals surface area contributed by atoms with E-state index in [1.165, 1.54) is 18.3 Å². The first kappa shape index (κ1) is 24.8. The Hall–Kier alpha value is -2.36. The van der Waals surface area contributed by atoms with E-state index in [9.17, 15) is 18.0 Å². The summed E-state index contributed by atoms with van der Waals surface area (Å²) in [7, 11) is 0. The minimum absolute atomic E-state index is 0.0949. The summed E-state index contributed by atoms with van der Waals surface area (Å²) in [6.45, 7) is 1.05. The van der Waals surface area contributed by atoms with Crippen LogP contribution in [0.4, 0.5) is 29.1 Å². The maximum absolute atomic E-state index is 15.1. The normalized spacial score (nSPS) is 14.7. The third-order valence-corrected chi connectivity index (χ3v) is 5.95. The molecular formula is C22H18F4N4OS3. The van der Waals surface area contributed by atoms with Crippen LogP contribution in [0.15, 0.2) is 35.3 Å². The highest BCUT2D eigenvalue weighted by Gasteiger charge is 2.35. The molecule has 178 valence electrons. The first-order chi connectivity index (χ1) is 15.9. The molecule has 1 aliphatic rings. The molecular weight excluding hydrogens is 508 g/mol. The van der Waals surface area contributed by atoms with Gasteiger partial charge in [-0.2, -0.15) is 4.98 Å². The molecule has 3 aromatic rings. The zero-order valence-corrected chi connectivity index (χ0v) is 20.3. The van der Waals surface area contributed by atoms with E-state index in [4.69, 9.17) is 0 Å². The lowest BCUT2D eigenvalue weighted by Gasteiger charge is -2.27. The van der Waals surface area contributed by atoms with Crippen molar-refractivity contribution in [3.63, 3.8) is 0 Å². The highest BCUT2D eigenvalue weighted by Crippen LogP contribution is 2.44. The van der Waals surface area contributed by atoms with E-state index >= 15 is 4.39 Å². The van der Waals surface area contributed by atoms with Gasteiger partial charge in [-0.3, -0.25) is 4.57 Å². The number of rotatable bonds is 5. The van der Waals surface area contributed by atoms with Crippen molar-refractivity contribution in [1.82, 2.24) is 14.5 Å². The molecule has 2 heterocycles. The number of anilines is 2. The van der Waals surface area contributed by atoms with Crippen LogP contribution < -0.4 is 10.6 Å². The molecule has 0 amide bonds. The van der Waals surface area contributed by atoms with E-state index in [1.54, 1.807) is 0 Å². The highest BCUT2D eigenvalue weighted by atomic mass is 32.2. The monoisotopic (exact) mass is 526 g/mol. The van der Waals surface area contributed by atoms with Crippen LogP contribution in [0.5, 0.6) is 0 Å². The van der Waals surface area contributed by atoms with Gasteiger partial charge in [-0.25, -0.2) is 27.3 Å². The number of alkyl halides is 2. The lowest BCUT2D eigenvalue weighted by Crippen LogP contribution is -2.35. The largest absolute Gasteiger partial charge is 0.352 e. The van der Waals surface area contributed by atoms with Crippen LogP contribution >= 0.6 is 37.9 Å². The Kier molecular flexibility index (Phi) is 6.56. The third kappa shape index (κ3) is 5.01. The van der Waals surface area contributed by atoms with Crippen molar-refractivity contribution >= 4 is 60.3 Å². The first-order valence-electron chi connectivity index (χ1n) is 10.0. The molecule has 1 saturated carbocycles. The number of thiol groups is 3. The molecule has 34 heavy (non-hydrogen) atoms. The van der Waals surface area contributed by atoms with Crippen molar-refractivity contribution < 1.29 is 17.6 Å². The van der Waals surface area contributed by atoms with Crippen molar-refractivity contribution in [3.8, 4) is 11.8 Å². The summed E-state index contributed by atoms with van der Waals surface area (Å²) >= 11 is 12.3. The van der Waals surface area contributed by atoms with Gasteiger partial charge in [0.05, 0.1) is 17.4 Å². The van der Waals surface area contributed by atoms with Gasteiger partial charge in [0.15, 0.2) is 21.0 Å². The molecule has 4 rings (SSSR count). The molecule has 0 saturated heterocycles. The summed E-state index contributed by atoms with van der Waals surface area (Å²) in [5, 5.41) is -0.503. The van der Waals surface area contributed by atoms with Crippen molar-refractivity contribution in [2.24, 2.45) is 5.41 Å². The first-order valence-corrected chi connectivity index (χ1v) is 11.4. The van der Waals surface area contributed by atoms with Gasteiger partial charge in [-0.15, -0.1) is 37.9 Å². The number of aromatic nitrogens is 3. The van der Waals surface area contributed by atoms with Crippen LogP contribution in [-0.4, -0.2) is 27.5 Å². The zero-order chi connectivity index (χ0) is 24.8. The van der Waals surface area contributed by atoms with Gasteiger partial charge < -0.3 is 4.90 Å². The summed E-state index contributed by atoms with van der Waals surface area (Å²) in [4.78, 5) is 21.7. The molecule has 1 fully saturated rings. The molecule has 0 aliphatic heterocycles. The summed E-state index contributed by atoms with van der Waals surface area (Å²) in [6, 6.07) is 4.73. The van der Waals surface area contributed by atoms with Crippen molar-refractivity contribution in [1.29, 1.82) is 0 Å². The van der Waals surface area contributed by atoms with Crippen LogP contribution in [0.25, 0.3) is 10.9 Å². The number of hydrogen-bond donors (Lipinski definition) is 3. The predicted molar refractivity (Wildman–Crippen MR) is 132 cm³/mol. The highest BCUT2D eigenvalue weighted by molar-refractivity contribution is 8.15. The fourth-order valence-corrected chi connectivity index (χ4v) is 3.94. The zero-order valence-electron chi connectivity index (χ0n) is 17.6. The van der Waals surface area contributed by atoms with Gasteiger partial charge in [0.25, 0.3) is 6.43 Å². The van der Waals surface area contributed by atoms with Crippen LogP contribution in [0, 0.1) is 28.9 Å². The number of nitrogens with zero attached hydrogens (tertiary/aromatic N) is 4. The van der Waals surface area contributed by atoms with Crippen molar-refractivity contribution in [3.05, 3.63) is 58.3 Å². The quantitative estimate of drug-likeness (QED) is 0.190. The van der Waals surface area contributed by atoms with E-state index in [0.29, 0.717) is 5.69 Å². The van der Waals surface area contributed by atoms with E-state index in [0.717, 1.165) is 34.4 Å². The Bertz CT molecular complexity index is 1390. The predicted octanol–water partition coefficient (Wildman–Crippen LogP) is 4.98. The number of benzene rings is 1. The van der Waals surface area contributed by atoms with Gasteiger partial charge in [0.1, 0.15) is 5.69 Å². The smallest absolute Gasteiger partial charge is 0.320 e. The van der Waals surface area contributed by atoms with E-state index in [1.807, 2.05) is 6.92 Å². The fraction of sp³-hybridized carbons (Fsp3) is 0.318. The molecule has 0 N–H and O–H groups in total. The third-order valence-electron chi connectivity index (χ3n) is 5.35. The Morgan fingerprint density at radius 3 is 2.56 bits per heavy atom. The number of pyridine rings is 1. The standard InChI is InChI=1S/C22H18F4N4OS3/c1-21(7-8-21)6-4-12-10-13(5-9-27-12)29(11-16(24)25)19-17-15(3-2-14(23)18(17)26)30(20(31)28-19)22(32,33)34/h2-3,5,9-10,16,32-34H,7-8,11H2,1H3. The Labute approximate surface area is 208 Å². The second-order valence-corrected chi connectivity index (χ2v) is 11.1. The molecule has 0 spiro atoms. The molecule has 1 aliphatic carbocycles. The Morgan fingerprint density at radius 1 is 1.24 bits per heavy atom. The number of fused-ring (bicyclic) bond motifs is 1. The second-order valence-electron chi connectivity index (χ2n) is 8.12. The molecule has 1 aromatic carbocycles. The maximum Gasteiger partial charge on any atom is 0.352 e. The van der Waals surface area contributed by atoms with Crippen LogP contribution in [0.1, 0.15) is 25.5 Å².